The standard InChI is InChI=1S/C16H34O2Si/c1-10-11-13(17)12-14(15(2,3)4)18-19(8,9)16(5,6)7/h14H,10-12H2,1-9H3. The number of rotatable bonds is 6. The van der Waals surface area contributed by atoms with Gasteiger partial charge in [0, 0.05) is 12.8 Å². The summed E-state index contributed by atoms with van der Waals surface area (Å²) in [6.07, 6.45) is 2.19. The Morgan fingerprint density at radius 3 is 1.89 bits per heavy atom. The van der Waals surface area contributed by atoms with Crippen molar-refractivity contribution in [2.45, 2.75) is 92.0 Å². The largest absolute Gasteiger partial charge is 0.413 e. The molecular formula is C16H34O2Si. The van der Waals surface area contributed by atoms with Crippen molar-refractivity contribution in [2.24, 2.45) is 5.41 Å². The SMILES string of the molecule is CCCC(=O)CC(O[Si](C)(C)C(C)(C)C)C(C)(C)C. The monoisotopic (exact) mass is 286 g/mol. The van der Waals surface area contributed by atoms with Crippen LogP contribution in [0.25, 0.3) is 0 Å². The fourth-order valence-corrected chi connectivity index (χ4v) is 3.15. The summed E-state index contributed by atoms with van der Waals surface area (Å²) >= 11 is 0. The van der Waals surface area contributed by atoms with Gasteiger partial charge in [-0.3, -0.25) is 4.79 Å². The Hall–Kier alpha value is -0.153. The Morgan fingerprint density at radius 1 is 1.11 bits per heavy atom. The summed E-state index contributed by atoms with van der Waals surface area (Å²) in [4.78, 5) is 12.0. The van der Waals surface area contributed by atoms with Crippen LogP contribution < -0.4 is 0 Å². The molecule has 0 aliphatic heterocycles. The summed E-state index contributed by atoms with van der Waals surface area (Å²) in [6.45, 7) is 19.8. The third-order valence-corrected chi connectivity index (χ3v) is 8.64. The molecule has 0 N–H and O–H groups in total. The maximum Gasteiger partial charge on any atom is 0.192 e. The summed E-state index contributed by atoms with van der Waals surface area (Å²) in [7, 11) is -1.82. The lowest BCUT2D eigenvalue weighted by Crippen LogP contribution is -2.47. The molecule has 0 radical (unpaired) electrons. The molecule has 2 nitrogen and oxygen atoms in total. The van der Waals surface area contributed by atoms with Crippen molar-refractivity contribution in [2.75, 3.05) is 0 Å². The van der Waals surface area contributed by atoms with E-state index in [1.807, 2.05) is 0 Å². The lowest BCUT2D eigenvalue weighted by Gasteiger charge is -2.43. The van der Waals surface area contributed by atoms with Crippen LogP contribution in [0.2, 0.25) is 18.1 Å². The predicted octanol–water partition coefficient (Wildman–Crippen LogP) is 5.18. The molecule has 0 amide bonds. The van der Waals surface area contributed by atoms with Gasteiger partial charge < -0.3 is 4.43 Å². The Labute approximate surface area is 121 Å². The average molecular weight is 287 g/mol. The van der Waals surface area contributed by atoms with Crippen molar-refractivity contribution in [1.82, 2.24) is 0 Å². The van der Waals surface area contributed by atoms with Crippen molar-refractivity contribution < 1.29 is 9.22 Å². The number of ketones is 1. The molecule has 0 aromatic rings. The first kappa shape index (κ1) is 18.8. The van der Waals surface area contributed by atoms with E-state index in [2.05, 4.69) is 61.6 Å². The second-order valence-corrected chi connectivity index (χ2v) is 13.0. The molecule has 0 saturated carbocycles. The van der Waals surface area contributed by atoms with E-state index in [0.29, 0.717) is 18.6 Å². The number of carbonyl (C=O) groups is 1. The van der Waals surface area contributed by atoms with Gasteiger partial charge in [0.25, 0.3) is 0 Å². The fourth-order valence-electron chi connectivity index (χ4n) is 1.64. The smallest absolute Gasteiger partial charge is 0.192 e. The molecule has 0 heterocycles. The molecule has 0 fully saturated rings. The van der Waals surface area contributed by atoms with Crippen molar-refractivity contribution in [3.8, 4) is 0 Å². The van der Waals surface area contributed by atoms with Crippen LogP contribution in [0.4, 0.5) is 0 Å². The van der Waals surface area contributed by atoms with Crippen LogP contribution in [0, 0.1) is 5.41 Å². The van der Waals surface area contributed by atoms with Gasteiger partial charge in [0.15, 0.2) is 8.32 Å². The topological polar surface area (TPSA) is 26.3 Å². The Balaban J connectivity index is 4.95. The highest BCUT2D eigenvalue weighted by atomic mass is 28.4. The second kappa shape index (κ2) is 6.53. The molecule has 0 aliphatic carbocycles. The molecule has 0 aromatic heterocycles. The zero-order valence-corrected chi connectivity index (χ0v) is 15.5. The van der Waals surface area contributed by atoms with Gasteiger partial charge in [-0.2, -0.15) is 0 Å². The molecule has 114 valence electrons. The first-order valence-electron chi connectivity index (χ1n) is 7.51. The number of hydrogen-bond donors (Lipinski definition) is 0. The van der Waals surface area contributed by atoms with Crippen molar-refractivity contribution >= 4 is 14.1 Å². The van der Waals surface area contributed by atoms with Gasteiger partial charge in [-0.1, -0.05) is 48.5 Å². The zero-order valence-electron chi connectivity index (χ0n) is 14.5. The van der Waals surface area contributed by atoms with E-state index < -0.39 is 8.32 Å². The highest BCUT2D eigenvalue weighted by Crippen LogP contribution is 2.40. The second-order valence-electron chi connectivity index (χ2n) is 8.23. The molecule has 0 aliphatic rings. The van der Waals surface area contributed by atoms with Crippen LogP contribution >= 0.6 is 0 Å². The Bertz CT molecular complexity index is 295. The van der Waals surface area contributed by atoms with Gasteiger partial charge in [-0.15, -0.1) is 0 Å². The fraction of sp³-hybridized carbons (Fsp3) is 0.938. The third kappa shape index (κ3) is 6.22. The molecule has 0 bridgehead atoms. The molecule has 0 saturated heterocycles. The van der Waals surface area contributed by atoms with Crippen LogP contribution in [0.15, 0.2) is 0 Å². The molecular weight excluding hydrogens is 252 g/mol. The Kier molecular flexibility index (Phi) is 6.48. The van der Waals surface area contributed by atoms with E-state index in [1.54, 1.807) is 0 Å². The summed E-state index contributed by atoms with van der Waals surface area (Å²) < 4.78 is 6.50. The molecule has 3 heteroatoms. The van der Waals surface area contributed by atoms with Gasteiger partial charge >= 0.3 is 0 Å². The first-order chi connectivity index (χ1) is 8.31. The van der Waals surface area contributed by atoms with Crippen LogP contribution in [0.5, 0.6) is 0 Å². The van der Waals surface area contributed by atoms with Gasteiger partial charge in [-0.25, -0.2) is 0 Å². The Morgan fingerprint density at radius 2 is 1.58 bits per heavy atom. The minimum atomic E-state index is -1.82. The quantitative estimate of drug-likeness (QED) is 0.629. The summed E-state index contributed by atoms with van der Waals surface area (Å²) in [5.41, 5.74) is 0.0128. The highest BCUT2D eigenvalue weighted by molar-refractivity contribution is 6.74. The van der Waals surface area contributed by atoms with E-state index in [4.69, 9.17) is 4.43 Å². The van der Waals surface area contributed by atoms with E-state index in [-0.39, 0.29) is 16.6 Å². The number of carbonyl (C=O) groups excluding carboxylic acids is 1. The predicted molar refractivity (Wildman–Crippen MR) is 86.1 cm³/mol. The zero-order chi connectivity index (χ0) is 15.5. The van der Waals surface area contributed by atoms with Crippen LogP contribution in [0.1, 0.15) is 67.7 Å². The molecule has 0 spiro atoms. The van der Waals surface area contributed by atoms with Crippen LogP contribution in [-0.2, 0) is 9.22 Å². The van der Waals surface area contributed by atoms with E-state index >= 15 is 0 Å². The molecule has 1 atom stereocenters. The number of Topliss-reactive ketones (excluding diaryl/α,β-unsaturated/α-hetero) is 1. The lowest BCUT2D eigenvalue weighted by atomic mass is 9.86. The van der Waals surface area contributed by atoms with Gasteiger partial charge in [0.2, 0.25) is 0 Å². The molecule has 0 rings (SSSR count). The minimum Gasteiger partial charge on any atom is -0.413 e. The van der Waals surface area contributed by atoms with Crippen molar-refractivity contribution in [1.29, 1.82) is 0 Å². The van der Waals surface area contributed by atoms with Gasteiger partial charge in [-0.05, 0) is 30.0 Å². The average Bonchev–Trinajstić information content (AvgIpc) is 2.13. The summed E-state index contributed by atoms with van der Waals surface area (Å²) in [5.74, 6) is 0.334. The first-order valence-corrected chi connectivity index (χ1v) is 10.4. The minimum absolute atomic E-state index is 0.0128. The van der Waals surface area contributed by atoms with Crippen molar-refractivity contribution in [3.05, 3.63) is 0 Å². The van der Waals surface area contributed by atoms with Gasteiger partial charge in [0.1, 0.15) is 5.78 Å². The number of hydrogen-bond acceptors (Lipinski definition) is 2. The maximum absolute atomic E-state index is 12.0. The van der Waals surface area contributed by atoms with Crippen molar-refractivity contribution in [3.63, 3.8) is 0 Å². The molecule has 19 heavy (non-hydrogen) atoms. The van der Waals surface area contributed by atoms with E-state index in [1.165, 1.54) is 0 Å². The summed E-state index contributed by atoms with van der Waals surface area (Å²) in [6, 6.07) is 0. The molecule has 0 aromatic carbocycles. The summed E-state index contributed by atoms with van der Waals surface area (Å²) in [5, 5.41) is 0.185. The molecule has 1 unspecified atom stereocenters. The van der Waals surface area contributed by atoms with E-state index in [0.717, 1.165) is 6.42 Å². The normalized spacial score (nSPS) is 15.4. The van der Waals surface area contributed by atoms with Gasteiger partial charge in [0.05, 0.1) is 6.10 Å². The highest BCUT2D eigenvalue weighted by Gasteiger charge is 2.42. The van der Waals surface area contributed by atoms with Crippen LogP contribution in [0.3, 0.4) is 0 Å². The van der Waals surface area contributed by atoms with Crippen LogP contribution in [-0.4, -0.2) is 20.2 Å². The third-order valence-electron chi connectivity index (χ3n) is 4.15. The lowest BCUT2D eigenvalue weighted by molar-refractivity contribution is -0.122. The maximum atomic E-state index is 12.0. The van der Waals surface area contributed by atoms with E-state index in [9.17, 15) is 4.79 Å².